The highest BCUT2D eigenvalue weighted by molar-refractivity contribution is 5.84. The van der Waals surface area contributed by atoms with Gasteiger partial charge in [0.15, 0.2) is 6.54 Å². The minimum Gasteiger partial charge on any atom is -0.360 e. The Labute approximate surface area is 131 Å². The normalized spacial score (nSPS) is 15.5. The molecule has 0 unspecified atom stereocenters. The topological polar surface area (TPSA) is 65.9 Å². The first kappa shape index (κ1) is 16.3. The molecule has 0 aromatic heterocycles. The number of hydrogen-bond acceptors (Lipinski definition) is 3. The molecule has 0 aliphatic carbocycles. The van der Waals surface area contributed by atoms with Gasteiger partial charge in [-0.25, -0.2) is 0 Å². The third kappa shape index (κ3) is 4.46. The summed E-state index contributed by atoms with van der Waals surface area (Å²) in [5.41, 5.74) is 2.57. The number of aryl methyl sites for hydroxylation is 1. The average molecular weight is 305 g/mol. The van der Waals surface area contributed by atoms with Crippen molar-refractivity contribution in [1.29, 1.82) is 0 Å². The Morgan fingerprint density at radius 3 is 2.50 bits per heavy atom. The first-order valence-corrected chi connectivity index (χ1v) is 7.71. The van der Waals surface area contributed by atoms with Crippen LogP contribution in [0.3, 0.4) is 0 Å². The lowest BCUT2D eigenvalue weighted by molar-refractivity contribution is -0.892. The van der Waals surface area contributed by atoms with Crippen molar-refractivity contribution in [3.8, 4) is 0 Å². The number of hydrogen-bond donors (Lipinski definition) is 3. The molecule has 0 saturated carbocycles. The Kier molecular flexibility index (Phi) is 5.77. The van der Waals surface area contributed by atoms with Gasteiger partial charge in [0.2, 0.25) is 5.91 Å². The largest absolute Gasteiger partial charge is 0.360 e. The van der Waals surface area contributed by atoms with Crippen molar-refractivity contribution in [3.05, 3.63) is 29.8 Å². The van der Waals surface area contributed by atoms with Crippen LogP contribution in [0.5, 0.6) is 0 Å². The van der Waals surface area contributed by atoms with E-state index in [-0.39, 0.29) is 18.4 Å². The summed E-state index contributed by atoms with van der Waals surface area (Å²) in [5, 5.41) is 5.13. The van der Waals surface area contributed by atoms with Gasteiger partial charge in [-0.3, -0.25) is 9.59 Å². The minimum atomic E-state index is -0.173. The summed E-state index contributed by atoms with van der Waals surface area (Å²) in [5.74, 6) is -0.240. The maximum absolute atomic E-state index is 11.8. The maximum Gasteiger partial charge on any atom is 0.275 e. The van der Waals surface area contributed by atoms with E-state index in [2.05, 4.69) is 46.7 Å². The van der Waals surface area contributed by atoms with Gasteiger partial charge < -0.3 is 20.4 Å². The Bertz CT molecular complexity index is 525. The predicted molar refractivity (Wildman–Crippen MR) is 86.0 cm³/mol. The van der Waals surface area contributed by atoms with E-state index in [1.165, 1.54) is 16.2 Å². The van der Waals surface area contributed by atoms with Crippen LogP contribution < -0.4 is 20.4 Å². The number of carbonyl (C=O) groups excluding carboxylic acids is 2. The zero-order valence-electron chi connectivity index (χ0n) is 13.3. The van der Waals surface area contributed by atoms with Crippen molar-refractivity contribution in [1.82, 2.24) is 10.6 Å². The number of benzene rings is 1. The Morgan fingerprint density at radius 1 is 1.18 bits per heavy atom. The second-order valence-corrected chi connectivity index (χ2v) is 5.65. The van der Waals surface area contributed by atoms with Gasteiger partial charge in [0, 0.05) is 12.7 Å². The molecule has 2 rings (SSSR count). The standard InChI is InChI=1S/C16H24N4O2/c1-13-5-3-4-6-14(13)20-9-7-19(8-10-20)12-16(22)18-11-15(21)17-2/h3-6H,7-12H2,1-2H3,(H,17,21)(H,18,22)/p+1. The van der Waals surface area contributed by atoms with Gasteiger partial charge in [0.1, 0.15) is 0 Å². The molecule has 0 radical (unpaired) electrons. The second-order valence-electron chi connectivity index (χ2n) is 5.65. The molecule has 1 aromatic rings. The first-order chi connectivity index (χ1) is 10.6. The van der Waals surface area contributed by atoms with E-state index in [4.69, 9.17) is 0 Å². The molecule has 1 aliphatic heterocycles. The van der Waals surface area contributed by atoms with Gasteiger partial charge in [0.25, 0.3) is 5.91 Å². The lowest BCUT2D eigenvalue weighted by Gasteiger charge is -2.34. The highest BCUT2D eigenvalue weighted by atomic mass is 16.2. The molecular formula is C16H25N4O2+. The smallest absolute Gasteiger partial charge is 0.275 e. The lowest BCUT2D eigenvalue weighted by atomic mass is 10.1. The highest BCUT2D eigenvalue weighted by Crippen LogP contribution is 2.18. The summed E-state index contributed by atoms with van der Waals surface area (Å²) >= 11 is 0. The lowest BCUT2D eigenvalue weighted by Crippen LogP contribution is -3.16. The SMILES string of the molecule is CNC(=O)CNC(=O)C[NH+]1CCN(c2ccccc2C)CC1. The van der Waals surface area contributed by atoms with E-state index in [0.29, 0.717) is 6.54 Å². The number of amides is 2. The maximum atomic E-state index is 11.8. The number of quaternary nitrogens is 1. The third-order valence-corrected chi connectivity index (χ3v) is 4.06. The molecule has 1 saturated heterocycles. The van der Waals surface area contributed by atoms with Crippen LogP contribution in [0.2, 0.25) is 0 Å². The van der Waals surface area contributed by atoms with Crippen LogP contribution in [0, 0.1) is 6.92 Å². The van der Waals surface area contributed by atoms with Crippen LogP contribution in [-0.2, 0) is 9.59 Å². The van der Waals surface area contributed by atoms with Crippen molar-refractivity contribution >= 4 is 17.5 Å². The Hall–Kier alpha value is -2.08. The number of nitrogens with zero attached hydrogens (tertiary/aromatic N) is 1. The molecule has 2 amide bonds. The molecule has 1 fully saturated rings. The fourth-order valence-corrected chi connectivity index (χ4v) is 2.72. The fourth-order valence-electron chi connectivity index (χ4n) is 2.72. The molecule has 6 heteroatoms. The summed E-state index contributed by atoms with van der Waals surface area (Å²) in [6, 6.07) is 8.39. The number of rotatable bonds is 5. The average Bonchev–Trinajstić information content (AvgIpc) is 2.54. The molecule has 6 nitrogen and oxygen atoms in total. The number of para-hydroxylation sites is 1. The van der Waals surface area contributed by atoms with Gasteiger partial charge in [-0.15, -0.1) is 0 Å². The number of nitrogens with one attached hydrogen (secondary N) is 3. The van der Waals surface area contributed by atoms with E-state index in [9.17, 15) is 9.59 Å². The summed E-state index contributed by atoms with van der Waals surface area (Å²) in [6.45, 7) is 6.37. The summed E-state index contributed by atoms with van der Waals surface area (Å²) in [7, 11) is 1.56. The molecule has 1 heterocycles. The molecular weight excluding hydrogens is 280 g/mol. The monoisotopic (exact) mass is 305 g/mol. The van der Waals surface area contributed by atoms with Crippen LogP contribution in [0.4, 0.5) is 5.69 Å². The van der Waals surface area contributed by atoms with Crippen LogP contribution in [0.15, 0.2) is 24.3 Å². The van der Waals surface area contributed by atoms with E-state index in [1.54, 1.807) is 7.05 Å². The van der Waals surface area contributed by atoms with Crippen molar-refractivity contribution in [2.45, 2.75) is 6.92 Å². The van der Waals surface area contributed by atoms with Gasteiger partial charge in [0.05, 0.1) is 32.7 Å². The molecule has 22 heavy (non-hydrogen) atoms. The molecule has 0 atom stereocenters. The molecule has 1 aliphatic rings. The molecule has 0 bridgehead atoms. The molecule has 1 aromatic carbocycles. The number of likely N-dealkylation sites (N-methyl/N-ethyl adjacent to an activating group) is 1. The van der Waals surface area contributed by atoms with E-state index in [1.807, 2.05) is 0 Å². The van der Waals surface area contributed by atoms with Gasteiger partial charge in [-0.05, 0) is 18.6 Å². The van der Waals surface area contributed by atoms with Crippen LogP contribution >= 0.6 is 0 Å². The number of carbonyl (C=O) groups is 2. The van der Waals surface area contributed by atoms with Crippen LogP contribution in [-0.4, -0.2) is 58.1 Å². The summed E-state index contributed by atoms with van der Waals surface area (Å²) in [4.78, 5) is 26.6. The summed E-state index contributed by atoms with van der Waals surface area (Å²) < 4.78 is 0. The van der Waals surface area contributed by atoms with Crippen molar-refractivity contribution in [2.24, 2.45) is 0 Å². The van der Waals surface area contributed by atoms with Crippen molar-refractivity contribution in [2.75, 3.05) is 51.2 Å². The highest BCUT2D eigenvalue weighted by Gasteiger charge is 2.23. The minimum absolute atomic E-state index is 0.0535. The van der Waals surface area contributed by atoms with E-state index < -0.39 is 0 Å². The van der Waals surface area contributed by atoms with Crippen LogP contribution in [0.25, 0.3) is 0 Å². The second kappa shape index (κ2) is 7.79. The van der Waals surface area contributed by atoms with E-state index in [0.717, 1.165) is 26.2 Å². The van der Waals surface area contributed by atoms with Crippen LogP contribution in [0.1, 0.15) is 5.56 Å². The van der Waals surface area contributed by atoms with Crippen molar-refractivity contribution in [3.63, 3.8) is 0 Å². The molecule has 3 N–H and O–H groups in total. The molecule has 120 valence electrons. The van der Waals surface area contributed by atoms with Crippen molar-refractivity contribution < 1.29 is 14.5 Å². The van der Waals surface area contributed by atoms with Gasteiger partial charge >= 0.3 is 0 Å². The number of piperazine rings is 1. The Balaban J connectivity index is 1.76. The number of anilines is 1. The first-order valence-electron chi connectivity index (χ1n) is 7.71. The van der Waals surface area contributed by atoms with Gasteiger partial charge in [-0.1, -0.05) is 18.2 Å². The quantitative estimate of drug-likeness (QED) is 0.624. The third-order valence-electron chi connectivity index (χ3n) is 4.06. The van der Waals surface area contributed by atoms with Gasteiger partial charge in [-0.2, -0.15) is 0 Å². The zero-order valence-corrected chi connectivity index (χ0v) is 13.3. The zero-order chi connectivity index (χ0) is 15.9. The summed E-state index contributed by atoms with van der Waals surface area (Å²) in [6.07, 6.45) is 0. The van der Waals surface area contributed by atoms with E-state index >= 15 is 0 Å². The Morgan fingerprint density at radius 2 is 1.86 bits per heavy atom. The predicted octanol–water partition coefficient (Wildman–Crippen LogP) is -1.44. The fraction of sp³-hybridized carbons (Fsp3) is 0.500. The molecule has 0 spiro atoms.